The zero-order valence-corrected chi connectivity index (χ0v) is 12.1. The first-order valence-electron chi connectivity index (χ1n) is 6.42. The van der Waals surface area contributed by atoms with Crippen molar-refractivity contribution >= 4 is 0 Å². The van der Waals surface area contributed by atoms with Gasteiger partial charge < -0.3 is 15.2 Å². The lowest BCUT2D eigenvalue weighted by atomic mass is 10.1. The van der Waals surface area contributed by atoms with Crippen LogP contribution in [0, 0.1) is 13.8 Å². The van der Waals surface area contributed by atoms with Gasteiger partial charge in [0.2, 0.25) is 0 Å². The third-order valence-corrected chi connectivity index (χ3v) is 2.85. The van der Waals surface area contributed by atoms with Crippen LogP contribution in [0.2, 0.25) is 0 Å². The highest BCUT2D eigenvalue weighted by Gasteiger charge is 2.13. The molecule has 3 nitrogen and oxygen atoms in total. The SMILES string of the molecule is Cc1cccc(OC[C@H](O)CNC(C)(C)C)c1C. The molecule has 3 heteroatoms. The quantitative estimate of drug-likeness (QED) is 0.844. The molecule has 0 unspecified atom stereocenters. The fraction of sp³-hybridized carbons (Fsp3) is 0.600. The highest BCUT2D eigenvalue weighted by Crippen LogP contribution is 2.20. The van der Waals surface area contributed by atoms with Gasteiger partial charge in [0.05, 0.1) is 0 Å². The molecule has 0 heterocycles. The Balaban J connectivity index is 2.43. The van der Waals surface area contributed by atoms with Gasteiger partial charge >= 0.3 is 0 Å². The molecule has 0 saturated heterocycles. The first-order valence-corrected chi connectivity index (χ1v) is 6.42. The number of hydrogen-bond donors (Lipinski definition) is 2. The van der Waals surface area contributed by atoms with Gasteiger partial charge in [0.25, 0.3) is 0 Å². The molecule has 1 aromatic carbocycles. The molecule has 0 amide bonds. The molecule has 1 aromatic rings. The average Bonchev–Trinajstić information content (AvgIpc) is 2.27. The van der Waals surface area contributed by atoms with Crippen molar-refractivity contribution in [3.05, 3.63) is 29.3 Å². The predicted octanol–water partition coefficient (Wildman–Crippen LogP) is 2.43. The molecule has 1 rings (SSSR count). The van der Waals surface area contributed by atoms with Gasteiger partial charge in [-0.25, -0.2) is 0 Å². The average molecular weight is 251 g/mol. The molecule has 0 aliphatic heterocycles. The minimum absolute atomic E-state index is 0.0141. The number of aliphatic hydroxyl groups excluding tert-OH is 1. The van der Waals surface area contributed by atoms with Gasteiger partial charge in [-0.1, -0.05) is 12.1 Å². The lowest BCUT2D eigenvalue weighted by Gasteiger charge is -2.23. The lowest BCUT2D eigenvalue weighted by molar-refractivity contribution is 0.0997. The van der Waals surface area contributed by atoms with Gasteiger partial charge in [0.1, 0.15) is 18.5 Å². The molecule has 0 aromatic heterocycles. The molecule has 0 aliphatic rings. The highest BCUT2D eigenvalue weighted by molar-refractivity contribution is 5.38. The smallest absolute Gasteiger partial charge is 0.122 e. The van der Waals surface area contributed by atoms with Crippen LogP contribution in [0.3, 0.4) is 0 Å². The van der Waals surface area contributed by atoms with Gasteiger partial charge in [-0.15, -0.1) is 0 Å². The Morgan fingerprint density at radius 1 is 1.28 bits per heavy atom. The van der Waals surface area contributed by atoms with E-state index in [4.69, 9.17) is 4.74 Å². The van der Waals surface area contributed by atoms with Crippen molar-refractivity contribution < 1.29 is 9.84 Å². The van der Waals surface area contributed by atoms with Crippen molar-refractivity contribution in [2.24, 2.45) is 0 Å². The second-order valence-electron chi connectivity index (χ2n) is 5.79. The highest BCUT2D eigenvalue weighted by atomic mass is 16.5. The summed E-state index contributed by atoms with van der Waals surface area (Å²) < 4.78 is 5.65. The second-order valence-corrected chi connectivity index (χ2v) is 5.79. The van der Waals surface area contributed by atoms with Crippen molar-refractivity contribution in [3.8, 4) is 5.75 Å². The van der Waals surface area contributed by atoms with Crippen molar-refractivity contribution in [1.29, 1.82) is 0 Å². The van der Waals surface area contributed by atoms with Crippen molar-refractivity contribution in [2.75, 3.05) is 13.2 Å². The number of rotatable bonds is 5. The third kappa shape index (κ3) is 5.07. The Morgan fingerprint density at radius 2 is 1.94 bits per heavy atom. The summed E-state index contributed by atoms with van der Waals surface area (Å²) in [6, 6.07) is 5.96. The number of aliphatic hydroxyl groups is 1. The molecule has 18 heavy (non-hydrogen) atoms. The largest absolute Gasteiger partial charge is 0.491 e. The summed E-state index contributed by atoms with van der Waals surface area (Å²) in [5.41, 5.74) is 2.35. The Hall–Kier alpha value is -1.06. The monoisotopic (exact) mass is 251 g/mol. The fourth-order valence-electron chi connectivity index (χ4n) is 1.55. The first kappa shape index (κ1) is 15.0. The standard InChI is InChI=1S/C15H25NO2/c1-11-7-6-8-14(12(11)2)18-10-13(17)9-16-15(3,4)5/h6-8,13,16-17H,9-10H2,1-5H3/t13-/m1/s1. The Bertz CT molecular complexity index is 383. The number of β-amino-alcohol motifs (C(OH)–C–C–N with tert-alkyl or cyclic N) is 1. The third-order valence-electron chi connectivity index (χ3n) is 2.85. The van der Waals surface area contributed by atoms with Gasteiger partial charge in [-0.05, 0) is 51.8 Å². The van der Waals surface area contributed by atoms with E-state index in [0.29, 0.717) is 13.2 Å². The van der Waals surface area contributed by atoms with Gasteiger partial charge in [-0.2, -0.15) is 0 Å². The zero-order valence-electron chi connectivity index (χ0n) is 12.1. The molecule has 0 bridgehead atoms. The Kier molecular flexibility index (Phi) is 5.17. The fourth-order valence-corrected chi connectivity index (χ4v) is 1.55. The summed E-state index contributed by atoms with van der Waals surface area (Å²) in [5, 5.41) is 13.1. The van der Waals surface area contributed by atoms with Crippen LogP contribution in [0.1, 0.15) is 31.9 Å². The maximum Gasteiger partial charge on any atom is 0.122 e. The van der Waals surface area contributed by atoms with Crippen molar-refractivity contribution in [1.82, 2.24) is 5.32 Å². The van der Waals surface area contributed by atoms with Crippen molar-refractivity contribution in [3.63, 3.8) is 0 Å². The van der Waals surface area contributed by atoms with Gasteiger partial charge in [0.15, 0.2) is 0 Å². The van der Waals surface area contributed by atoms with Gasteiger partial charge in [0, 0.05) is 12.1 Å². The van der Waals surface area contributed by atoms with Crippen LogP contribution >= 0.6 is 0 Å². The first-order chi connectivity index (χ1) is 8.29. The molecule has 1 atom stereocenters. The van der Waals surface area contributed by atoms with E-state index in [9.17, 15) is 5.11 Å². The molecule has 0 fully saturated rings. The summed E-state index contributed by atoms with van der Waals surface area (Å²) in [4.78, 5) is 0. The topological polar surface area (TPSA) is 41.5 Å². The van der Waals surface area contributed by atoms with Crippen LogP contribution in [-0.2, 0) is 0 Å². The predicted molar refractivity (Wildman–Crippen MR) is 75.2 cm³/mol. The maximum atomic E-state index is 9.85. The van der Waals surface area contributed by atoms with E-state index in [1.54, 1.807) is 0 Å². The number of ether oxygens (including phenoxy) is 1. The van der Waals surface area contributed by atoms with E-state index in [1.165, 1.54) is 5.56 Å². The van der Waals surface area contributed by atoms with Gasteiger partial charge in [-0.3, -0.25) is 0 Å². The molecule has 0 aliphatic carbocycles. The molecule has 0 saturated carbocycles. The van der Waals surface area contributed by atoms with E-state index >= 15 is 0 Å². The van der Waals surface area contributed by atoms with E-state index < -0.39 is 6.10 Å². The summed E-state index contributed by atoms with van der Waals surface area (Å²) in [5.74, 6) is 0.852. The number of aryl methyl sites for hydroxylation is 1. The number of benzene rings is 1. The number of hydrogen-bond acceptors (Lipinski definition) is 3. The van der Waals surface area contributed by atoms with Crippen molar-refractivity contribution in [2.45, 2.75) is 46.3 Å². The lowest BCUT2D eigenvalue weighted by Crippen LogP contribution is -2.42. The molecule has 0 spiro atoms. The number of nitrogens with one attached hydrogen (secondary N) is 1. The summed E-state index contributed by atoms with van der Waals surface area (Å²) in [6.45, 7) is 11.2. The second kappa shape index (κ2) is 6.21. The van der Waals surface area contributed by atoms with E-state index in [-0.39, 0.29) is 5.54 Å². The van der Waals surface area contributed by atoms with E-state index in [2.05, 4.69) is 39.1 Å². The molecule has 2 N–H and O–H groups in total. The Morgan fingerprint density at radius 3 is 2.56 bits per heavy atom. The summed E-state index contributed by atoms with van der Waals surface area (Å²) in [7, 11) is 0. The molecule has 0 radical (unpaired) electrons. The molecule has 102 valence electrons. The van der Waals surface area contributed by atoms with Crippen LogP contribution in [0.25, 0.3) is 0 Å². The maximum absolute atomic E-state index is 9.85. The van der Waals surface area contributed by atoms with Crippen LogP contribution < -0.4 is 10.1 Å². The zero-order chi connectivity index (χ0) is 13.8. The minimum atomic E-state index is -0.496. The van der Waals surface area contributed by atoms with Crippen LogP contribution in [0.15, 0.2) is 18.2 Å². The minimum Gasteiger partial charge on any atom is -0.491 e. The van der Waals surface area contributed by atoms with E-state index in [0.717, 1.165) is 11.3 Å². The summed E-state index contributed by atoms with van der Waals surface area (Å²) >= 11 is 0. The normalized spacial score (nSPS) is 13.4. The molecular formula is C15H25NO2. The van der Waals surface area contributed by atoms with Crippen LogP contribution in [0.4, 0.5) is 0 Å². The van der Waals surface area contributed by atoms with Crippen LogP contribution in [0.5, 0.6) is 5.75 Å². The van der Waals surface area contributed by atoms with Crippen LogP contribution in [-0.4, -0.2) is 29.9 Å². The van der Waals surface area contributed by atoms with E-state index in [1.807, 2.05) is 19.1 Å². The summed E-state index contributed by atoms with van der Waals surface area (Å²) in [6.07, 6.45) is -0.496. The Labute approximate surface area is 110 Å². The molecular weight excluding hydrogens is 226 g/mol.